The van der Waals surface area contributed by atoms with Gasteiger partial charge in [-0.2, -0.15) is 5.26 Å². The van der Waals surface area contributed by atoms with Crippen LogP contribution in [0.4, 0.5) is 0 Å². The van der Waals surface area contributed by atoms with Crippen molar-refractivity contribution in [2.75, 3.05) is 0 Å². The largest absolute Gasteiger partial charge is 0.448 e. The van der Waals surface area contributed by atoms with Crippen LogP contribution in [0.5, 0.6) is 0 Å². The molecule has 0 radical (unpaired) electrons. The van der Waals surface area contributed by atoms with Gasteiger partial charge in [0.1, 0.15) is 11.2 Å². The maximum absolute atomic E-state index is 12.3. The monoisotopic (exact) mass is 345 g/mol. The van der Waals surface area contributed by atoms with Crippen molar-refractivity contribution in [2.24, 2.45) is 7.05 Å². The minimum Gasteiger partial charge on any atom is -0.448 e. The molecule has 1 fully saturated rings. The fourth-order valence-electron chi connectivity index (χ4n) is 2.99. The van der Waals surface area contributed by atoms with Gasteiger partial charge in [0.25, 0.3) is 5.91 Å². The van der Waals surface area contributed by atoms with Crippen LogP contribution < -0.4 is 5.32 Å². The minimum absolute atomic E-state index is 0.159. The minimum atomic E-state index is -1.03. The van der Waals surface area contributed by atoms with Gasteiger partial charge in [0.2, 0.25) is 0 Å². The molecule has 0 saturated heterocycles. The molecule has 1 aromatic rings. The molecule has 0 aliphatic heterocycles. The second-order valence-corrected chi connectivity index (χ2v) is 6.57. The number of nitrogens with zero attached hydrogens (tertiary/aromatic N) is 2. The Balaban J connectivity index is 2.02. The van der Waals surface area contributed by atoms with E-state index in [1.807, 2.05) is 0 Å². The van der Waals surface area contributed by atoms with Crippen molar-refractivity contribution in [3.63, 3.8) is 0 Å². The lowest BCUT2D eigenvalue weighted by molar-refractivity contribution is -0.130. The van der Waals surface area contributed by atoms with Gasteiger partial charge in [-0.05, 0) is 32.8 Å². The van der Waals surface area contributed by atoms with Gasteiger partial charge in [-0.1, -0.05) is 19.3 Å². The van der Waals surface area contributed by atoms with E-state index < -0.39 is 23.5 Å². The number of carbonyl (C=O) groups is 3. The first-order valence-electron chi connectivity index (χ1n) is 8.39. The summed E-state index contributed by atoms with van der Waals surface area (Å²) in [5.41, 5.74) is -0.280. The van der Waals surface area contributed by atoms with E-state index in [1.54, 1.807) is 7.05 Å². The number of ketones is 1. The number of amides is 1. The molecule has 1 heterocycles. The molecule has 1 aliphatic carbocycles. The first-order valence-corrected chi connectivity index (χ1v) is 8.39. The van der Waals surface area contributed by atoms with Crippen LogP contribution >= 0.6 is 0 Å². The second kappa shape index (κ2) is 7.51. The lowest BCUT2D eigenvalue weighted by Gasteiger charge is -2.32. The van der Waals surface area contributed by atoms with E-state index in [4.69, 9.17) is 4.74 Å². The molecule has 1 aliphatic rings. The van der Waals surface area contributed by atoms with Crippen molar-refractivity contribution in [3.05, 3.63) is 23.5 Å². The number of carbonyl (C=O) groups excluding carboxylic acids is 3. The number of rotatable bonds is 5. The Morgan fingerprint density at radius 3 is 2.48 bits per heavy atom. The quantitative estimate of drug-likeness (QED) is 0.650. The molecule has 0 unspecified atom stereocenters. The van der Waals surface area contributed by atoms with Crippen LogP contribution in [-0.2, 0) is 16.6 Å². The van der Waals surface area contributed by atoms with Crippen LogP contribution in [-0.4, -0.2) is 33.9 Å². The van der Waals surface area contributed by atoms with Gasteiger partial charge in [-0.15, -0.1) is 0 Å². The van der Waals surface area contributed by atoms with Gasteiger partial charge in [0, 0.05) is 18.8 Å². The molecule has 1 atom stereocenters. The van der Waals surface area contributed by atoms with E-state index in [2.05, 4.69) is 11.4 Å². The summed E-state index contributed by atoms with van der Waals surface area (Å²) in [7, 11) is 1.63. The van der Waals surface area contributed by atoms with Crippen LogP contribution in [0.25, 0.3) is 0 Å². The van der Waals surface area contributed by atoms with E-state index in [0.717, 1.165) is 19.3 Å². The summed E-state index contributed by atoms with van der Waals surface area (Å²) in [5, 5.41) is 12.2. The highest BCUT2D eigenvalue weighted by Gasteiger charge is 2.35. The number of nitriles is 1. The third kappa shape index (κ3) is 4.27. The van der Waals surface area contributed by atoms with Crippen molar-refractivity contribution in [3.8, 4) is 6.07 Å². The molecule has 7 heteroatoms. The Morgan fingerprint density at radius 2 is 1.96 bits per heavy atom. The molecule has 7 nitrogen and oxygen atoms in total. The standard InChI is InChI=1S/C18H23N3O4/c1-12(22)14-9-15(21(3)10-14)17(24)25-13(2)16(23)20-18(11-19)7-5-4-6-8-18/h9-10,13H,4-8H2,1-3H3,(H,20,23)/t13-/m1/s1. The van der Waals surface area contributed by atoms with Crippen molar-refractivity contribution < 1.29 is 19.1 Å². The average Bonchev–Trinajstić information content (AvgIpc) is 2.98. The molecule has 134 valence electrons. The number of ether oxygens (including phenoxy) is 1. The molecular weight excluding hydrogens is 322 g/mol. The van der Waals surface area contributed by atoms with Crippen LogP contribution in [0.2, 0.25) is 0 Å². The van der Waals surface area contributed by atoms with Gasteiger partial charge in [0.15, 0.2) is 11.9 Å². The number of aryl methyl sites for hydroxylation is 1. The third-order valence-corrected chi connectivity index (χ3v) is 4.56. The zero-order valence-electron chi connectivity index (χ0n) is 14.8. The van der Waals surface area contributed by atoms with E-state index in [-0.39, 0.29) is 11.5 Å². The van der Waals surface area contributed by atoms with E-state index in [1.165, 1.54) is 30.7 Å². The smallest absolute Gasteiger partial charge is 0.355 e. The molecular formula is C18H23N3O4. The van der Waals surface area contributed by atoms with Crippen LogP contribution in [0.1, 0.15) is 66.8 Å². The predicted octanol–water partition coefficient (Wildman–Crippen LogP) is 2.12. The highest BCUT2D eigenvalue weighted by atomic mass is 16.5. The van der Waals surface area contributed by atoms with Crippen LogP contribution in [0, 0.1) is 11.3 Å². The third-order valence-electron chi connectivity index (χ3n) is 4.56. The molecule has 0 bridgehead atoms. The van der Waals surface area contributed by atoms with E-state index >= 15 is 0 Å². The van der Waals surface area contributed by atoms with Gasteiger partial charge in [-0.3, -0.25) is 9.59 Å². The van der Waals surface area contributed by atoms with Crippen LogP contribution in [0.15, 0.2) is 12.3 Å². The molecule has 1 amide bonds. The number of aromatic nitrogens is 1. The Kier molecular flexibility index (Phi) is 5.62. The fraction of sp³-hybridized carbons (Fsp3) is 0.556. The number of Topliss-reactive ketones (excluding diaryl/α,β-unsaturated/α-hetero) is 1. The molecule has 25 heavy (non-hydrogen) atoms. The molecule has 1 saturated carbocycles. The van der Waals surface area contributed by atoms with Gasteiger partial charge >= 0.3 is 5.97 Å². The van der Waals surface area contributed by atoms with Crippen molar-refractivity contribution >= 4 is 17.7 Å². The molecule has 1 N–H and O–H groups in total. The topological polar surface area (TPSA) is 101 Å². The number of nitrogens with one attached hydrogen (secondary N) is 1. The Hall–Kier alpha value is -2.62. The SMILES string of the molecule is CC(=O)c1cc(C(=O)O[C@H](C)C(=O)NC2(C#N)CCCCC2)n(C)c1. The van der Waals surface area contributed by atoms with Crippen molar-refractivity contribution in [2.45, 2.75) is 57.6 Å². The van der Waals surface area contributed by atoms with E-state index in [9.17, 15) is 19.6 Å². The highest BCUT2D eigenvalue weighted by Crippen LogP contribution is 2.27. The molecule has 0 spiro atoms. The lowest BCUT2D eigenvalue weighted by Crippen LogP contribution is -2.52. The van der Waals surface area contributed by atoms with Crippen molar-refractivity contribution in [1.82, 2.24) is 9.88 Å². The first-order chi connectivity index (χ1) is 11.8. The zero-order chi connectivity index (χ0) is 18.6. The number of esters is 1. The summed E-state index contributed by atoms with van der Waals surface area (Å²) >= 11 is 0. The molecule has 0 aromatic carbocycles. The predicted molar refractivity (Wildman–Crippen MR) is 89.9 cm³/mol. The molecule has 1 aromatic heterocycles. The van der Waals surface area contributed by atoms with Crippen LogP contribution in [0.3, 0.4) is 0 Å². The zero-order valence-corrected chi connectivity index (χ0v) is 14.8. The maximum Gasteiger partial charge on any atom is 0.355 e. The Labute approximate surface area is 146 Å². The summed E-state index contributed by atoms with van der Waals surface area (Å²) in [4.78, 5) is 36.0. The molecule has 2 rings (SSSR count). The summed E-state index contributed by atoms with van der Waals surface area (Å²) in [6.45, 7) is 2.88. The number of hydrogen-bond acceptors (Lipinski definition) is 5. The summed E-state index contributed by atoms with van der Waals surface area (Å²) in [6.07, 6.45) is 4.55. The summed E-state index contributed by atoms with van der Waals surface area (Å²) in [5.74, 6) is -1.33. The lowest BCUT2D eigenvalue weighted by atomic mass is 9.83. The van der Waals surface area contributed by atoms with E-state index in [0.29, 0.717) is 18.4 Å². The van der Waals surface area contributed by atoms with Gasteiger partial charge < -0.3 is 14.6 Å². The second-order valence-electron chi connectivity index (χ2n) is 6.57. The normalized spacial score (nSPS) is 17.2. The first kappa shape index (κ1) is 18.7. The van der Waals surface area contributed by atoms with Crippen molar-refractivity contribution in [1.29, 1.82) is 5.26 Å². The highest BCUT2D eigenvalue weighted by molar-refractivity contribution is 5.98. The maximum atomic E-state index is 12.3. The number of hydrogen-bond donors (Lipinski definition) is 1. The Morgan fingerprint density at radius 1 is 1.32 bits per heavy atom. The fourth-order valence-corrected chi connectivity index (χ4v) is 2.99. The Bertz CT molecular complexity index is 723. The average molecular weight is 345 g/mol. The van der Waals surface area contributed by atoms with Gasteiger partial charge in [-0.25, -0.2) is 4.79 Å². The van der Waals surface area contributed by atoms with Gasteiger partial charge in [0.05, 0.1) is 6.07 Å². The summed E-state index contributed by atoms with van der Waals surface area (Å²) < 4.78 is 6.70. The summed E-state index contributed by atoms with van der Waals surface area (Å²) in [6, 6.07) is 3.64.